The Morgan fingerprint density at radius 3 is 2.82 bits per heavy atom. The zero-order chi connectivity index (χ0) is 19.7. The summed E-state index contributed by atoms with van der Waals surface area (Å²) in [5.41, 5.74) is 5.92. The van der Waals surface area contributed by atoms with E-state index in [4.69, 9.17) is 9.15 Å². The van der Waals surface area contributed by atoms with Crippen LogP contribution in [0.1, 0.15) is 16.7 Å². The van der Waals surface area contributed by atoms with Crippen molar-refractivity contribution in [3.63, 3.8) is 0 Å². The first-order chi connectivity index (χ1) is 13.5. The minimum Gasteiger partial charge on any atom is -0.497 e. The van der Waals surface area contributed by atoms with Crippen LogP contribution in [-0.4, -0.2) is 18.0 Å². The highest BCUT2D eigenvalue weighted by atomic mass is 32.1. The van der Waals surface area contributed by atoms with Gasteiger partial charge in [-0.3, -0.25) is 4.79 Å². The Hall–Kier alpha value is -3.12. The van der Waals surface area contributed by atoms with Gasteiger partial charge in [0.05, 0.1) is 25.5 Å². The van der Waals surface area contributed by atoms with Gasteiger partial charge in [0.2, 0.25) is 5.91 Å². The van der Waals surface area contributed by atoms with Gasteiger partial charge in [-0.2, -0.15) is 0 Å². The van der Waals surface area contributed by atoms with Crippen molar-refractivity contribution >= 4 is 33.3 Å². The number of amides is 1. The fourth-order valence-electron chi connectivity index (χ4n) is 3.03. The third-order valence-corrected chi connectivity index (χ3v) is 5.52. The van der Waals surface area contributed by atoms with Crippen molar-refractivity contribution in [2.75, 3.05) is 12.4 Å². The van der Waals surface area contributed by atoms with Crippen molar-refractivity contribution in [1.82, 2.24) is 4.98 Å². The second-order valence-electron chi connectivity index (χ2n) is 6.68. The van der Waals surface area contributed by atoms with Gasteiger partial charge in [-0.25, -0.2) is 4.98 Å². The molecule has 0 atom stereocenters. The molecule has 4 rings (SSSR count). The Bertz CT molecular complexity index is 1160. The second kappa shape index (κ2) is 7.48. The number of ether oxygens (including phenoxy) is 1. The Labute approximate surface area is 167 Å². The van der Waals surface area contributed by atoms with E-state index in [9.17, 15) is 4.79 Å². The molecule has 0 saturated carbocycles. The molecule has 6 heteroatoms. The van der Waals surface area contributed by atoms with E-state index in [-0.39, 0.29) is 12.3 Å². The van der Waals surface area contributed by atoms with E-state index in [2.05, 4.69) is 42.3 Å². The maximum Gasteiger partial charge on any atom is 0.230 e. The van der Waals surface area contributed by atoms with Crippen LogP contribution in [0.15, 0.2) is 52.5 Å². The second-order valence-corrected chi connectivity index (χ2v) is 7.54. The lowest BCUT2D eigenvalue weighted by molar-refractivity contribution is -0.115. The topological polar surface area (TPSA) is 64.4 Å². The molecule has 1 amide bonds. The maximum absolute atomic E-state index is 12.5. The Kier molecular flexibility index (Phi) is 4.88. The number of nitrogens with zero attached hydrogens (tertiary/aromatic N) is 1. The molecule has 2 heterocycles. The average Bonchev–Trinajstić information content (AvgIpc) is 3.31. The zero-order valence-electron chi connectivity index (χ0n) is 15.9. The van der Waals surface area contributed by atoms with Gasteiger partial charge in [0.15, 0.2) is 5.13 Å². The number of thiazole rings is 1. The minimum absolute atomic E-state index is 0.125. The van der Waals surface area contributed by atoms with Crippen LogP contribution < -0.4 is 10.1 Å². The van der Waals surface area contributed by atoms with Crippen LogP contribution in [0.2, 0.25) is 0 Å². The minimum atomic E-state index is -0.125. The maximum atomic E-state index is 12.5. The first-order valence-corrected chi connectivity index (χ1v) is 9.78. The summed E-state index contributed by atoms with van der Waals surface area (Å²) in [5.74, 6) is 0.596. The first-order valence-electron chi connectivity index (χ1n) is 8.90. The van der Waals surface area contributed by atoms with Gasteiger partial charge in [-0.15, -0.1) is 11.3 Å². The van der Waals surface area contributed by atoms with E-state index >= 15 is 0 Å². The molecule has 0 saturated heterocycles. The lowest BCUT2D eigenvalue weighted by atomic mass is 10.1. The number of carbonyl (C=O) groups is 1. The van der Waals surface area contributed by atoms with Crippen molar-refractivity contribution < 1.29 is 13.9 Å². The smallest absolute Gasteiger partial charge is 0.230 e. The summed E-state index contributed by atoms with van der Waals surface area (Å²) >= 11 is 1.42. The van der Waals surface area contributed by atoms with E-state index in [1.807, 2.05) is 23.6 Å². The number of hydrogen-bond acceptors (Lipinski definition) is 5. The normalized spacial score (nSPS) is 11.0. The molecule has 0 aliphatic carbocycles. The number of rotatable bonds is 5. The van der Waals surface area contributed by atoms with Crippen LogP contribution in [0.4, 0.5) is 5.13 Å². The van der Waals surface area contributed by atoms with Crippen LogP contribution in [0.3, 0.4) is 0 Å². The SMILES string of the molecule is COc1ccc2c(CC(=O)Nc3nc(-c4ccc(C)c(C)c4)cs3)coc2c1. The molecule has 0 aliphatic rings. The number of aromatic nitrogens is 1. The number of hydrogen-bond donors (Lipinski definition) is 1. The number of nitrogens with one attached hydrogen (secondary N) is 1. The standard InChI is InChI=1S/C22H20N2O3S/c1-13-4-5-15(8-14(13)2)19-12-28-22(23-19)24-21(25)9-16-11-27-20-10-17(26-3)6-7-18(16)20/h4-8,10-12H,9H2,1-3H3,(H,23,24,25). The first kappa shape index (κ1) is 18.3. The summed E-state index contributed by atoms with van der Waals surface area (Å²) in [6.45, 7) is 4.17. The van der Waals surface area contributed by atoms with Crippen LogP contribution in [0.25, 0.3) is 22.2 Å². The van der Waals surface area contributed by atoms with Crippen LogP contribution >= 0.6 is 11.3 Å². The Morgan fingerprint density at radius 2 is 2.04 bits per heavy atom. The molecule has 0 fully saturated rings. The lowest BCUT2D eigenvalue weighted by Gasteiger charge is -2.03. The summed E-state index contributed by atoms with van der Waals surface area (Å²) in [4.78, 5) is 17.0. The molecule has 0 radical (unpaired) electrons. The summed E-state index contributed by atoms with van der Waals surface area (Å²) < 4.78 is 10.8. The van der Waals surface area contributed by atoms with Gasteiger partial charge in [0, 0.05) is 28.0 Å². The highest BCUT2D eigenvalue weighted by Crippen LogP contribution is 2.28. The monoisotopic (exact) mass is 392 g/mol. The van der Waals surface area contributed by atoms with Gasteiger partial charge in [-0.05, 0) is 43.2 Å². The molecule has 1 N–H and O–H groups in total. The van der Waals surface area contributed by atoms with Crippen LogP contribution in [0.5, 0.6) is 5.75 Å². The molecule has 28 heavy (non-hydrogen) atoms. The van der Waals surface area contributed by atoms with Gasteiger partial charge in [0.25, 0.3) is 0 Å². The van der Waals surface area contributed by atoms with Gasteiger partial charge in [0.1, 0.15) is 11.3 Å². The van der Waals surface area contributed by atoms with E-state index < -0.39 is 0 Å². The molecular weight excluding hydrogens is 372 g/mol. The number of furan rings is 1. The summed E-state index contributed by atoms with van der Waals surface area (Å²) in [7, 11) is 1.61. The Morgan fingerprint density at radius 1 is 1.18 bits per heavy atom. The number of carbonyl (C=O) groups excluding carboxylic acids is 1. The molecule has 2 aromatic carbocycles. The van der Waals surface area contributed by atoms with Gasteiger partial charge in [-0.1, -0.05) is 12.1 Å². The largest absolute Gasteiger partial charge is 0.497 e. The average molecular weight is 392 g/mol. The number of methoxy groups -OCH3 is 1. The Balaban J connectivity index is 1.47. The van der Waals surface area contributed by atoms with Gasteiger partial charge < -0.3 is 14.5 Å². The molecule has 0 unspecified atom stereocenters. The number of aryl methyl sites for hydroxylation is 2. The molecule has 4 aromatic rings. The third kappa shape index (κ3) is 3.64. The molecular formula is C22H20N2O3S. The zero-order valence-corrected chi connectivity index (χ0v) is 16.7. The van der Waals surface area contributed by atoms with E-state index in [1.165, 1.54) is 22.5 Å². The third-order valence-electron chi connectivity index (χ3n) is 4.77. The van der Waals surface area contributed by atoms with Crippen LogP contribution in [-0.2, 0) is 11.2 Å². The van der Waals surface area contributed by atoms with Crippen molar-refractivity contribution in [2.24, 2.45) is 0 Å². The van der Waals surface area contributed by atoms with Gasteiger partial charge >= 0.3 is 0 Å². The highest BCUT2D eigenvalue weighted by molar-refractivity contribution is 7.14. The van der Waals surface area contributed by atoms with Crippen molar-refractivity contribution in [3.05, 3.63) is 64.7 Å². The molecule has 2 aromatic heterocycles. The van der Waals surface area contributed by atoms with Crippen molar-refractivity contribution in [3.8, 4) is 17.0 Å². The number of benzene rings is 2. The van der Waals surface area contributed by atoms with E-state index in [1.54, 1.807) is 13.4 Å². The molecule has 0 aliphatic heterocycles. The molecule has 5 nitrogen and oxygen atoms in total. The predicted molar refractivity (Wildman–Crippen MR) is 112 cm³/mol. The van der Waals surface area contributed by atoms with Crippen LogP contribution in [0, 0.1) is 13.8 Å². The quantitative estimate of drug-likeness (QED) is 0.496. The van der Waals surface area contributed by atoms with E-state index in [0.29, 0.717) is 10.7 Å². The van der Waals surface area contributed by atoms with Crippen molar-refractivity contribution in [1.29, 1.82) is 0 Å². The molecule has 0 spiro atoms. The highest BCUT2D eigenvalue weighted by Gasteiger charge is 2.13. The van der Waals surface area contributed by atoms with E-state index in [0.717, 1.165) is 28.0 Å². The lowest BCUT2D eigenvalue weighted by Crippen LogP contribution is -2.13. The summed E-state index contributed by atoms with van der Waals surface area (Å²) in [5, 5.41) is 6.34. The fourth-order valence-corrected chi connectivity index (χ4v) is 3.76. The number of fused-ring (bicyclic) bond motifs is 1. The predicted octanol–water partition coefficient (Wildman–Crippen LogP) is 5.36. The summed E-state index contributed by atoms with van der Waals surface area (Å²) in [6, 6.07) is 11.8. The fraction of sp³-hybridized carbons (Fsp3) is 0.182. The molecule has 0 bridgehead atoms. The summed E-state index contributed by atoms with van der Waals surface area (Å²) in [6.07, 6.45) is 1.84. The number of anilines is 1. The van der Waals surface area contributed by atoms with Crippen molar-refractivity contribution in [2.45, 2.75) is 20.3 Å². The molecule has 142 valence electrons.